The highest BCUT2D eigenvalue weighted by Gasteiger charge is 2.54. The number of rotatable bonds is 27. The van der Waals surface area contributed by atoms with E-state index in [4.69, 9.17) is 33.2 Å². The van der Waals surface area contributed by atoms with Crippen molar-refractivity contribution in [1.29, 1.82) is 0 Å². The summed E-state index contributed by atoms with van der Waals surface area (Å²) in [6.07, 6.45) is 22.1. The average Bonchev–Trinajstić information content (AvgIpc) is 0.754. The van der Waals surface area contributed by atoms with Gasteiger partial charge in [-0.2, -0.15) is 0 Å². The summed E-state index contributed by atoms with van der Waals surface area (Å²) in [5, 5.41) is 0. The topological polar surface area (TPSA) is 184 Å². The van der Waals surface area contributed by atoms with Crippen molar-refractivity contribution in [1.82, 2.24) is 0 Å². The zero-order chi connectivity index (χ0) is 117. The molecule has 0 aliphatic heterocycles. The molecule has 5 saturated carbocycles. The van der Waals surface area contributed by atoms with Crippen LogP contribution in [0.3, 0.4) is 0 Å². The zero-order valence-corrected chi connectivity index (χ0v) is 109. The van der Waals surface area contributed by atoms with E-state index >= 15 is 0 Å². The fourth-order valence-corrected chi connectivity index (χ4v) is 20.7. The van der Waals surface area contributed by atoms with Gasteiger partial charge in [0.05, 0.1) is 37.9 Å². The molecule has 0 aromatic heterocycles. The minimum Gasteiger partial charge on any atom is -0.462 e. The van der Waals surface area contributed by atoms with Crippen molar-refractivity contribution in [2.24, 2.45) is 159 Å². The molecule has 0 bridgehead atoms. The molecule has 2 aromatic rings. The molecule has 0 N–H and O–H groups in total. The monoisotopic (exact) mass is 2090 g/mol. The van der Waals surface area contributed by atoms with Crippen molar-refractivity contribution in [2.75, 3.05) is 0 Å². The van der Waals surface area contributed by atoms with Gasteiger partial charge in [-0.15, -0.1) is 0 Å². The predicted molar refractivity (Wildman–Crippen MR) is 632 cm³/mol. The number of esters is 7. The summed E-state index contributed by atoms with van der Waals surface area (Å²) < 4.78 is 41.2. The van der Waals surface area contributed by atoms with Gasteiger partial charge in [-0.3, -0.25) is 33.6 Å². The fraction of sp³-hybridized carbons (Fsp3) is 0.859. The molecular formula is C135H244O14. The van der Waals surface area contributed by atoms with Crippen LogP contribution in [0.2, 0.25) is 0 Å². The van der Waals surface area contributed by atoms with Crippen LogP contribution in [0.25, 0.3) is 0 Å². The Kier molecular flexibility index (Phi) is 53.5. The first-order chi connectivity index (χ1) is 66.9. The Morgan fingerprint density at radius 2 is 0.604 bits per heavy atom. The molecule has 8 atom stereocenters. The largest absolute Gasteiger partial charge is 0.462 e. The van der Waals surface area contributed by atoms with Gasteiger partial charge < -0.3 is 33.2 Å². The highest BCUT2D eigenvalue weighted by Crippen LogP contribution is 2.57. The molecule has 0 radical (unpaired) electrons. The standard InChI is InChI=1S/C24H46O2.C22H42O2.C20H32O2.C19H36O2.C18H34O2.C17H26O2.C15H28O2/c1-13-24(11,12)20(25)26-19-17(22(5,6)7)14-16(21(2,3)4)15-18(19)23(8,9)10;1-11-22(9,10)20(23)24-19-17(14(2)3)12-16(21(6,7)8)13-18(19)15(4)5;1-10-20(8,9)17(21)22-16-12-14(18(2,3)4)11-15(13-16)19(5,6)7;1-9-18(5,6)16(20)21-15-12-10-14(11-13-15)19(7,8)17(2,3)4;1-8-18(6,7)17(19)20-16-14(12(2)3)10-9-11-15(16)13(4)5;1-7-17(5,6)15(18)19-12-13-8-10-14(11-9-13)16(2,3)4;1-7-15(5,6)13(16)17-12-8-11(2)9-14(3,4)10-12/h16-19H,13-15H2,1-12H3;14-19H,11-13H2,1-10H3;11-13H,10H2,1-9H3;14-15H,9-13H2,1-8H3;12-16H,8-11H2,1-7H3;8-11H,7,12H2,1-6H3;11-12H,7-10H2,1-6H3. The Morgan fingerprint density at radius 3 is 0.899 bits per heavy atom. The molecule has 0 heterocycles. The van der Waals surface area contributed by atoms with Crippen molar-refractivity contribution >= 4 is 41.8 Å². The van der Waals surface area contributed by atoms with E-state index in [1.807, 2.05) is 149 Å². The molecule has 7 rings (SSSR count). The fourth-order valence-electron chi connectivity index (χ4n) is 20.7. The summed E-state index contributed by atoms with van der Waals surface area (Å²) in [5.74, 6) is 7.99. The Hall–Kier alpha value is -5.27. The summed E-state index contributed by atoms with van der Waals surface area (Å²) >= 11 is 0. The highest BCUT2D eigenvalue weighted by molar-refractivity contribution is 5.80. The van der Waals surface area contributed by atoms with Crippen LogP contribution in [0.15, 0.2) is 42.5 Å². The van der Waals surface area contributed by atoms with Gasteiger partial charge in [-0.05, 0) is 385 Å². The van der Waals surface area contributed by atoms with E-state index < -0.39 is 16.2 Å². The summed E-state index contributed by atoms with van der Waals surface area (Å²) in [6, 6.07) is 14.5. The minimum atomic E-state index is -0.459. The molecule has 0 saturated heterocycles. The Labute approximate surface area is 921 Å². The third-order valence-electron chi connectivity index (χ3n) is 37.2. The van der Waals surface area contributed by atoms with Crippen LogP contribution >= 0.6 is 0 Å². The van der Waals surface area contributed by atoms with Gasteiger partial charge in [-0.1, -0.05) is 341 Å². The maximum atomic E-state index is 13.0. The van der Waals surface area contributed by atoms with Gasteiger partial charge in [0.2, 0.25) is 0 Å². The van der Waals surface area contributed by atoms with Crippen LogP contribution in [0.1, 0.15) is 559 Å². The van der Waals surface area contributed by atoms with Crippen molar-refractivity contribution in [3.05, 3.63) is 64.7 Å². The van der Waals surface area contributed by atoms with Gasteiger partial charge in [0.25, 0.3) is 0 Å². The second-order valence-electron chi connectivity index (χ2n) is 62.8. The smallest absolute Gasteiger partial charge is 0.316 e. The van der Waals surface area contributed by atoms with E-state index in [9.17, 15) is 33.6 Å². The predicted octanol–water partition coefficient (Wildman–Crippen LogP) is 38.4. The van der Waals surface area contributed by atoms with Crippen molar-refractivity contribution < 1.29 is 66.7 Å². The Morgan fingerprint density at radius 1 is 0.309 bits per heavy atom. The van der Waals surface area contributed by atoms with Gasteiger partial charge in [0.15, 0.2) is 0 Å². The maximum absolute atomic E-state index is 13.0. The van der Waals surface area contributed by atoms with Gasteiger partial charge in [0, 0.05) is 11.8 Å². The van der Waals surface area contributed by atoms with Crippen LogP contribution in [-0.4, -0.2) is 72.3 Å². The lowest BCUT2D eigenvalue weighted by Gasteiger charge is -2.53. The van der Waals surface area contributed by atoms with Crippen molar-refractivity contribution in [3.8, 4) is 5.75 Å². The van der Waals surface area contributed by atoms with E-state index in [-0.39, 0.29) is 126 Å². The van der Waals surface area contributed by atoms with E-state index in [0.29, 0.717) is 111 Å². The van der Waals surface area contributed by atoms with E-state index in [1.165, 1.54) is 68.1 Å². The second kappa shape index (κ2) is 56.3. The van der Waals surface area contributed by atoms with Gasteiger partial charge in [-0.25, -0.2) is 0 Å². The van der Waals surface area contributed by atoms with Crippen LogP contribution < -0.4 is 4.74 Å². The normalized spacial score (nSPS) is 23.8. The third-order valence-corrected chi connectivity index (χ3v) is 37.2. The van der Waals surface area contributed by atoms with Crippen LogP contribution in [0.5, 0.6) is 5.75 Å². The molecule has 5 aliphatic rings. The highest BCUT2D eigenvalue weighted by atomic mass is 16.6. The number of carbonyl (C=O) groups excluding carboxylic acids is 7. The third kappa shape index (κ3) is 44.6. The number of carbonyl (C=O) groups is 7. The maximum Gasteiger partial charge on any atom is 0.316 e. The van der Waals surface area contributed by atoms with Crippen molar-refractivity contribution in [3.63, 3.8) is 0 Å². The zero-order valence-electron chi connectivity index (χ0n) is 109. The molecule has 0 spiro atoms. The number of hydrogen-bond donors (Lipinski definition) is 0. The van der Waals surface area contributed by atoms with Gasteiger partial charge >= 0.3 is 41.8 Å². The van der Waals surface area contributed by atoms with Crippen molar-refractivity contribution in [2.45, 2.75) is 590 Å². The van der Waals surface area contributed by atoms with E-state index in [0.717, 1.165) is 95.0 Å². The van der Waals surface area contributed by atoms with Gasteiger partial charge in [0.1, 0.15) is 42.9 Å². The molecule has 14 heteroatoms. The lowest BCUT2D eigenvalue weighted by Crippen LogP contribution is -2.52. The molecule has 868 valence electrons. The molecule has 149 heavy (non-hydrogen) atoms. The second-order valence-corrected chi connectivity index (χ2v) is 62.8. The minimum absolute atomic E-state index is 0.00641. The van der Waals surface area contributed by atoms with E-state index in [1.54, 1.807) is 0 Å². The quantitative estimate of drug-likeness (QED) is 0.0467. The molecule has 5 fully saturated rings. The Balaban J connectivity index is 0.000000872. The van der Waals surface area contributed by atoms with Crippen LogP contribution in [0.4, 0.5) is 0 Å². The first-order valence-corrected chi connectivity index (χ1v) is 59.6. The summed E-state index contributed by atoms with van der Waals surface area (Å²) in [5.41, 5.74) is 3.97. The first-order valence-electron chi connectivity index (χ1n) is 59.6. The number of hydrogen-bond acceptors (Lipinski definition) is 14. The molecule has 8 unspecified atom stereocenters. The lowest BCUT2D eigenvalue weighted by atomic mass is 9.55. The lowest BCUT2D eigenvalue weighted by molar-refractivity contribution is -0.182. The summed E-state index contributed by atoms with van der Waals surface area (Å²) in [7, 11) is 0. The molecular weight excluding hydrogens is 1850 g/mol. The number of benzene rings is 2. The molecule has 2 aromatic carbocycles. The van der Waals surface area contributed by atoms with Crippen LogP contribution in [-0.2, 0) is 84.8 Å². The summed E-state index contributed by atoms with van der Waals surface area (Å²) in [4.78, 5) is 86.7. The van der Waals surface area contributed by atoms with E-state index in [2.05, 4.69) is 295 Å². The van der Waals surface area contributed by atoms with Crippen LogP contribution in [0, 0.1) is 159 Å². The number of ether oxygens (including phenoxy) is 7. The molecule has 5 aliphatic carbocycles. The average molecular weight is 2090 g/mol. The summed E-state index contributed by atoms with van der Waals surface area (Å²) in [6.45, 7) is 127. The molecule has 14 nitrogen and oxygen atoms in total. The Bertz CT molecular complexity index is 4250. The SMILES string of the molecule is CCC(C)(C)C(=O)OC1C(C(C)(C)C)CC(C(C)(C)C)CC1C(C)(C)C.CCC(C)(C)C(=O)OC1C(C(C)C)CC(C(C)(C)C)CC1C(C)C.CCC(C)(C)C(=O)OC1C(C(C)C)CCCC1C(C)C.CCC(C)(C)C(=O)OC1CC(C)CC(C)(C)C1.CCC(C)(C)C(=O)OC1CCC(C(C)(C)C(C)(C)C)CC1.CCC(C)(C)C(=O)OCc1ccc(C(C)(C)C)cc1.CCC(C)(C)C(=O)Oc1cc(C(C)(C)C)cc(C(C)(C)C)c1. The first kappa shape index (κ1) is 142. The molecule has 0 amide bonds.